The lowest BCUT2D eigenvalue weighted by Gasteiger charge is -2.36. The van der Waals surface area contributed by atoms with E-state index in [1.807, 2.05) is 18.7 Å². The molecule has 1 N–H and O–H groups in total. The van der Waals surface area contributed by atoms with Crippen molar-refractivity contribution in [2.75, 3.05) is 13.1 Å². The van der Waals surface area contributed by atoms with E-state index in [9.17, 15) is 18.0 Å². The van der Waals surface area contributed by atoms with Crippen molar-refractivity contribution in [1.82, 2.24) is 10.2 Å². The van der Waals surface area contributed by atoms with Gasteiger partial charge in [0.25, 0.3) is 0 Å². The van der Waals surface area contributed by atoms with Crippen molar-refractivity contribution < 1.29 is 22.7 Å². The van der Waals surface area contributed by atoms with Crippen molar-refractivity contribution in [2.45, 2.75) is 45.1 Å². The molecule has 1 aromatic rings. The van der Waals surface area contributed by atoms with Crippen molar-refractivity contribution in [1.29, 1.82) is 0 Å². The molecule has 128 valence electrons. The first-order valence-corrected chi connectivity index (χ1v) is 7.61. The lowest BCUT2D eigenvalue weighted by atomic mass is 10.1. The molecular weight excluding hydrogens is 309 g/mol. The number of amides is 1. The predicted molar refractivity (Wildman–Crippen MR) is 80.1 cm³/mol. The predicted octanol–water partition coefficient (Wildman–Crippen LogP) is 2.73. The molecule has 0 saturated carbocycles. The Bertz CT molecular complexity index is 521. The van der Waals surface area contributed by atoms with Crippen LogP contribution >= 0.6 is 0 Å². The second kappa shape index (κ2) is 7.21. The molecule has 1 aliphatic heterocycles. The average molecular weight is 330 g/mol. The smallest absolute Gasteiger partial charge is 0.406 e. The van der Waals surface area contributed by atoms with Crippen LogP contribution in [0, 0.1) is 0 Å². The number of alkyl halides is 3. The Hall–Kier alpha value is -1.76. The number of rotatable bonds is 4. The summed E-state index contributed by atoms with van der Waals surface area (Å²) in [6, 6.07) is 6.17. The van der Waals surface area contributed by atoms with Gasteiger partial charge in [-0.3, -0.25) is 4.79 Å². The van der Waals surface area contributed by atoms with Gasteiger partial charge in [0.1, 0.15) is 5.75 Å². The van der Waals surface area contributed by atoms with Gasteiger partial charge in [0.05, 0.1) is 0 Å². The Balaban J connectivity index is 1.84. The van der Waals surface area contributed by atoms with E-state index >= 15 is 0 Å². The third-order valence-electron chi connectivity index (χ3n) is 3.69. The van der Waals surface area contributed by atoms with Gasteiger partial charge >= 0.3 is 6.36 Å². The van der Waals surface area contributed by atoms with Gasteiger partial charge in [-0.25, -0.2) is 0 Å². The minimum atomic E-state index is -4.69. The van der Waals surface area contributed by atoms with Crippen LogP contribution in [0.1, 0.15) is 25.8 Å². The van der Waals surface area contributed by atoms with Crippen molar-refractivity contribution in [3.8, 4) is 5.75 Å². The summed E-state index contributed by atoms with van der Waals surface area (Å²) >= 11 is 0. The Morgan fingerprint density at radius 2 is 1.78 bits per heavy atom. The van der Waals surface area contributed by atoms with Crippen molar-refractivity contribution in [3.63, 3.8) is 0 Å². The molecule has 7 heteroatoms. The zero-order valence-electron chi connectivity index (χ0n) is 13.2. The summed E-state index contributed by atoms with van der Waals surface area (Å²) in [7, 11) is 0. The number of carbonyl (C=O) groups excluding carboxylic acids is 1. The van der Waals surface area contributed by atoms with Gasteiger partial charge in [0.2, 0.25) is 5.91 Å². The van der Waals surface area contributed by atoms with Crippen LogP contribution in [0.3, 0.4) is 0 Å². The number of ether oxygens (including phenoxy) is 1. The maximum atomic E-state index is 12.2. The monoisotopic (exact) mass is 330 g/mol. The fraction of sp³-hybridized carbons (Fsp3) is 0.562. The molecule has 1 fully saturated rings. The Labute approximate surface area is 133 Å². The van der Waals surface area contributed by atoms with Gasteiger partial charge in [0, 0.05) is 31.6 Å². The highest BCUT2D eigenvalue weighted by molar-refractivity contribution is 5.76. The van der Waals surface area contributed by atoms with E-state index in [0.717, 1.165) is 5.56 Å². The van der Waals surface area contributed by atoms with E-state index in [2.05, 4.69) is 10.1 Å². The van der Waals surface area contributed by atoms with Crippen LogP contribution in [0.5, 0.6) is 5.75 Å². The van der Waals surface area contributed by atoms with Gasteiger partial charge in [-0.2, -0.15) is 0 Å². The summed E-state index contributed by atoms with van der Waals surface area (Å²) in [6.45, 7) is 5.44. The first-order chi connectivity index (χ1) is 10.7. The van der Waals surface area contributed by atoms with Crippen LogP contribution in [0.15, 0.2) is 24.3 Å². The number of aryl methyl sites for hydroxylation is 1. The summed E-state index contributed by atoms with van der Waals surface area (Å²) < 4.78 is 40.1. The van der Waals surface area contributed by atoms with E-state index in [0.29, 0.717) is 25.9 Å². The van der Waals surface area contributed by atoms with Crippen LogP contribution in [0.25, 0.3) is 0 Å². The Morgan fingerprint density at radius 1 is 1.22 bits per heavy atom. The number of piperazine rings is 1. The molecule has 0 spiro atoms. The Morgan fingerprint density at radius 3 is 2.30 bits per heavy atom. The third kappa shape index (κ3) is 5.74. The second-order valence-corrected chi connectivity index (χ2v) is 5.96. The van der Waals surface area contributed by atoms with E-state index < -0.39 is 6.36 Å². The number of hydrogen-bond acceptors (Lipinski definition) is 3. The minimum absolute atomic E-state index is 0.0702. The van der Waals surface area contributed by atoms with E-state index in [1.165, 1.54) is 12.1 Å². The molecule has 2 atom stereocenters. The first-order valence-electron chi connectivity index (χ1n) is 7.61. The number of nitrogens with zero attached hydrogens (tertiary/aromatic N) is 1. The van der Waals surface area contributed by atoms with Crippen LogP contribution in [0.2, 0.25) is 0 Å². The zero-order chi connectivity index (χ0) is 17.0. The topological polar surface area (TPSA) is 41.6 Å². The van der Waals surface area contributed by atoms with Gasteiger partial charge in [-0.05, 0) is 38.0 Å². The van der Waals surface area contributed by atoms with Crippen LogP contribution in [-0.2, 0) is 11.2 Å². The lowest BCUT2D eigenvalue weighted by Crippen LogP contribution is -2.55. The zero-order valence-corrected chi connectivity index (χ0v) is 13.2. The normalized spacial score (nSPS) is 22.0. The molecule has 1 saturated heterocycles. The SMILES string of the molecule is C[C@H]1CN(C(=O)CCc2ccc(OC(F)(F)F)cc2)C[C@H](C)N1. The molecule has 1 amide bonds. The summed E-state index contributed by atoms with van der Waals surface area (Å²) in [4.78, 5) is 14.1. The first kappa shape index (κ1) is 17.6. The maximum absolute atomic E-state index is 12.2. The van der Waals surface area contributed by atoms with Crippen molar-refractivity contribution >= 4 is 5.91 Å². The molecule has 0 aromatic heterocycles. The fourth-order valence-electron chi connectivity index (χ4n) is 2.80. The molecular formula is C16H21F3N2O2. The lowest BCUT2D eigenvalue weighted by molar-refractivity contribution is -0.274. The fourth-order valence-corrected chi connectivity index (χ4v) is 2.80. The number of nitrogens with one attached hydrogen (secondary N) is 1. The molecule has 23 heavy (non-hydrogen) atoms. The molecule has 1 aliphatic rings. The van der Waals surface area contributed by atoms with Crippen molar-refractivity contribution in [2.24, 2.45) is 0 Å². The average Bonchev–Trinajstić information content (AvgIpc) is 2.43. The molecule has 4 nitrogen and oxygen atoms in total. The standard InChI is InChI=1S/C16H21F3N2O2/c1-11-9-21(10-12(2)20-11)15(22)8-5-13-3-6-14(7-4-13)23-16(17,18)19/h3-4,6-7,11-12,20H,5,8-10H2,1-2H3/t11-,12-/m0/s1. The molecule has 0 bridgehead atoms. The number of halogens is 3. The molecule has 0 unspecified atom stereocenters. The number of benzene rings is 1. The number of carbonyl (C=O) groups is 1. The van der Waals surface area contributed by atoms with Gasteiger partial charge in [-0.15, -0.1) is 13.2 Å². The quantitative estimate of drug-likeness (QED) is 0.923. The summed E-state index contributed by atoms with van der Waals surface area (Å²) in [6.07, 6.45) is -3.84. The number of hydrogen-bond donors (Lipinski definition) is 1. The van der Waals surface area contributed by atoms with E-state index in [1.54, 1.807) is 12.1 Å². The van der Waals surface area contributed by atoms with Crippen LogP contribution in [-0.4, -0.2) is 42.3 Å². The van der Waals surface area contributed by atoms with Crippen molar-refractivity contribution in [3.05, 3.63) is 29.8 Å². The molecule has 0 aliphatic carbocycles. The molecule has 1 aromatic carbocycles. The molecule has 0 radical (unpaired) electrons. The van der Waals surface area contributed by atoms with Gasteiger partial charge in [0.15, 0.2) is 0 Å². The third-order valence-corrected chi connectivity index (χ3v) is 3.69. The molecule has 2 rings (SSSR count). The van der Waals surface area contributed by atoms with Gasteiger partial charge in [-0.1, -0.05) is 12.1 Å². The largest absolute Gasteiger partial charge is 0.573 e. The highest BCUT2D eigenvalue weighted by Crippen LogP contribution is 2.23. The minimum Gasteiger partial charge on any atom is -0.406 e. The maximum Gasteiger partial charge on any atom is 0.573 e. The summed E-state index contributed by atoms with van der Waals surface area (Å²) in [5.41, 5.74) is 0.809. The van der Waals surface area contributed by atoms with Crippen LogP contribution < -0.4 is 10.1 Å². The highest BCUT2D eigenvalue weighted by Gasteiger charge is 2.31. The highest BCUT2D eigenvalue weighted by atomic mass is 19.4. The second-order valence-electron chi connectivity index (χ2n) is 5.96. The van der Waals surface area contributed by atoms with E-state index in [4.69, 9.17) is 0 Å². The Kier molecular flexibility index (Phi) is 5.51. The van der Waals surface area contributed by atoms with Crippen LogP contribution in [0.4, 0.5) is 13.2 Å². The molecule has 1 heterocycles. The summed E-state index contributed by atoms with van der Waals surface area (Å²) in [5.74, 6) is -0.182. The van der Waals surface area contributed by atoms with E-state index in [-0.39, 0.29) is 23.7 Å². The van der Waals surface area contributed by atoms with Gasteiger partial charge < -0.3 is 15.0 Å². The summed E-state index contributed by atoms with van der Waals surface area (Å²) in [5, 5.41) is 3.36.